The smallest absolute Gasteiger partial charge is 0.342 e. The maximum atomic E-state index is 12.9. The molecule has 31 heavy (non-hydrogen) atoms. The van der Waals surface area contributed by atoms with E-state index in [1.807, 2.05) is 0 Å². The van der Waals surface area contributed by atoms with Gasteiger partial charge in [-0.3, -0.25) is 14.6 Å². The van der Waals surface area contributed by atoms with Crippen molar-refractivity contribution in [3.8, 4) is 11.5 Å². The molecule has 0 bridgehead atoms. The molecule has 160 valence electrons. The second-order valence-electron chi connectivity index (χ2n) is 6.06. The fourth-order valence-electron chi connectivity index (χ4n) is 2.59. The fraction of sp³-hybridized carbons (Fsp3) is 0.150. The Hall–Kier alpha value is -3.86. The van der Waals surface area contributed by atoms with E-state index < -0.39 is 22.4 Å². The van der Waals surface area contributed by atoms with Crippen LogP contribution in [0.3, 0.4) is 0 Å². The summed E-state index contributed by atoms with van der Waals surface area (Å²) in [6, 6.07) is 14.0. The van der Waals surface area contributed by atoms with Crippen molar-refractivity contribution in [1.82, 2.24) is 20.6 Å². The maximum absolute atomic E-state index is 12.9. The van der Waals surface area contributed by atoms with Crippen molar-refractivity contribution in [3.63, 3.8) is 0 Å². The number of amides is 1. The Kier molecular flexibility index (Phi) is 7.22. The van der Waals surface area contributed by atoms with E-state index in [4.69, 9.17) is 9.47 Å². The first kappa shape index (κ1) is 21.8. The molecule has 1 amide bonds. The summed E-state index contributed by atoms with van der Waals surface area (Å²) in [7, 11) is 3.06. The van der Waals surface area contributed by atoms with Crippen LogP contribution in [-0.2, 0) is 4.79 Å². The fourth-order valence-corrected chi connectivity index (χ4v) is 3.53. The standard InChI is InChI=1S/C20H19N5O5S/c1-29-14-8-9-15(30-2)13(10-14)11-21-23-17(26)16(12-6-4-3-5-7-12)31-19-18(27)22-20(28)25-24-19/h3-11,16H,1-2H3,(H,23,26)(H2,22,25,27,28)/b21-11-. The molecule has 1 heterocycles. The molecule has 0 aliphatic heterocycles. The van der Waals surface area contributed by atoms with Crippen molar-refractivity contribution in [3.05, 3.63) is 80.5 Å². The minimum atomic E-state index is -0.843. The van der Waals surface area contributed by atoms with E-state index in [1.165, 1.54) is 13.3 Å². The number of carbonyl (C=O) groups excluding carboxylic acids is 1. The van der Waals surface area contributed by atoms with Gasteiger partial charge < -0.3 is 9.47 Å². The Bertz CT molecular complexity index is 1190. The first-order chi connectivity index (χ1) is 15.0. The summed E-state index contributed by atoms with van der Waals surface area (Å²) in [4.78, 5) is 38.2. The number of ether oxygens (including phenoxy) is 2. The van der Waals surface area contributed by atoms with Crippen LogP contribution in [0.5, 0.6) is 11.5 Å². The average Bonchev–Trinajstić information content (AvgIpc) is 2.79. The molecule has 0 saturated carbocycles. The summed E-state index contributed by atoms with van der Waals surface area (Å²) in [5.41, 5.74) is 2.29. The Morgan fingerprint density at radius 3 is 2.61 bits per heavy atom. The Morgan fingerprint density at radius 2 is 1.94 bits per heavy atom. The van der Waals surface area contributed by atoms with Gasteiger partial charge in [0, 0.05) is 5.56 Å². The maximum Gasteiger partial charge on any atom is 0.342 e. The molecule has 0 aliphatic carbocycles. The van der Waals surface area contributed by atoms with Gasteiger partial charge >= 0.3 is 5.69 Å². The van der Waals surface area contributed by atoms with Crippen LogP contribution in [0.25, 0.3) is 0 Å². The van der Waals surface area contributed by atoms with Gasteiger partial charge in [0.25, 0.3) is 11.5 Å². The van der Waals surface area contributed by atoms with E-state index in [2.05, 4.69) is 25.7 Å². The molecule has 3 aromatic rings. The van der Waals surface area contributed by atoms with Crippen LogP contribution in [0.15, 0.2) is 68.2 Å². The predicted octanol–water partition coefficient (Wildman–Crippen LogP) is 1.46. The van der Waals surface area contributed by atoms with Crippen LogP contribution in [0.1, 0.15) is 16.4 Å². The largest absolute Gasteiger partial charge is 0.497 e. The van der Waals surface area contributed by atoms with Crippen molar-refractivity contribution in [2.45, 2.75) is 10.3 Å². The number of nitrogens with one attached hydrogen (secondary N) is 3. The van der Waals surface area contributed by atoms with E-state index in [0.717, 1.165) is 11.8 Å². The minimum absolute atomic E-state index is 0.0537. The number of aromatic nitrogens is 3. The summed E-state index contributed by atoms with van der Waals surface area (Å²) in [5, 5.41) is 9.00. The zero-order chi connectivity index (χ0) is 22.2. The summed E-state index contributed by atoms with van der Waals surface area (Å²) in [6.07, 6.45) is 1.43. The minimum Gasteiger partial charge on any atom is -0.497 e. The van der Waals surface area contributed by atoms with Gasteiger partial charge in [0.1, 0.15) is 16.7 Å². The Labute approximate surface area is 180 Å². The normalized spacial score (nSPS) is 11.8. The molecule has 10 nitrogen and oxygen atoms in total. The quantitative estimate of drug-likeness (QED) is 0.273. The highest BCUT2D eigenvalue weighted by molar-refractivity contribution is 8.00. The van der Waals surface area contributed by atoms with Crippen LogP contribution >= 0.6 is 11.8 Å². The molecule has 0 saturated heterocycles. The first-order valence-electron chi connectivity index (χ1n) is 8.97. The molecule has 0 aliphatic rings. The number of benzene rings is 2. The monoisotopic (exact) mass is 441 g/mol. The van der Waals surface area contributed by atoms with Gasteiger partial charge in [-0.05, 0) is 23.8 Å². The van der Waals surface area contributed by atoms with Crippen molar-refractivity contribution in [2.75, 3.05) is 14.2 Å². The van der Waals surface area contributed by atoms with Crippen LogP contribution < -0.4 is 26.1 Å². The number of methoxy groups -OCH3 is 2. The van der Waals surface area contributed by atoms with Crippen LogP contribution in [0.2, 0.25) is 0 Å². The third-order valence-corrected chi connectivity index (χ3v) is 5.29. The predicted molar refractivity (Wildman–Crippen MR) is 116 cm³/mol. The number of aromatic amines is 2. The van der Waals surface area contributed by atoms with Crippen molar-refractivity contribution >= 4 is 23.9 Å². The third kappa shape index (κ3) is 5.60. The molecule has 1 unspecified atom stereocenters. The number of rotatable bonds is 8. The number of hydrogen-bond donors (Lipinski definition) is 3. The van der Waals surface area contributed by atoms with Crippen molar-refractivity contribution in [2.24, 2.45) is 5.10 Å². The summed E-state index contributed by atoms with van der Waals surface area (Å²) < 4.78 is 10.5. The van der Waals surface area contributed by atoms with Gasteiger partial charge in [0.05, 0.1) is 20.4 Å². The second-order valence-corrected chi connectivity index (χ2v) is 7.16. The molecule has 0 radical (unpaired) electrons. The molecular formula is C20H19N5O5S. The van der Waals surface area contributed by atoms with Crippen molar-refractivity contribution < 1.29 is 14.3 Å². The molecule has 3 rings (SSSR count). The number of H-pyrrole nitrogens is 2. The lowest BCUT2D eigenvalue weighted by molar-refractivity contribution is -0.120. The number of hydrogen-bond acceptors (Lipinski definition) is 8. The van der Waals surface area contributed by atoms with Crippen LogP contribution in [0.4, 0.5) is 0 Å². The first-order valence-corrected chi connectivity index (χ1v) is 9.85. The lowest BCUT2D eigenvalue weighted by Crippen LogP contribution is -2.28. The van der Waals surface area contributed by atoms with E-state index in [1.54, 1.807) is 55.6 Å². The average molecular weight is 441 g/mol. The van der Waals surface area contributed by atoms with Crippen molar-refractivity contribution in [1.29, 1.82) is 0 Å². The second kappa shape index (κ2) is 10.3. The van der Waals surface area contributed by atoms with E-state index in [0.29, 0.717) is 22.6 Å². The van der Waals surface area contributed by atoms with E-state index in [-0.39, 0.29) is 5.03 Å². The van der Waals surface area contributed by atoms with Gasteiger partial charge in [-0.2, -0.15) is 10.2 Å². The van der Waals surface area contributed by atoms with Gasteiger partial charge in [-0.15, -0.1) is 0 Å². The topological polar surface area (TPSA) is 139 Å². The lowest BCUT2D eigenvalue weighted by atomic mass is 10.1. The highest BCUT2D eigenvalue weighted by atomic mass is 32.2. The number of carbonyl (C=O) groups is 1. The Balaban J connectivity index is 1.83. The number of thioether (sulfide) groups is 1. The molecule has 2 aromatic carbocycles. The highest BCUT2D eigenvalue weighted by Gasteiger charge is 2.24. The van der Waals surface area contributed by atoms with Gasteiger partial charge in [0.2, 0.25) is 0 Å². The molecular weight excluding hydrogens is 422 g/mol. The van der Waals surface area contributed by atoms with E-state index in [9.17, 15) is 14.4 Å². The summed E-state index contributed by atoms with van der Waals surface area (Å²) >= 11 is 0.890. The van der Waals surface area contributed by atoms with Gasteiger partial charge in [0.15, 0.2) is 5.03 Å². The summed E-state index contributed by atoms with van der Waals surface area (Å²) in [6.45, 7) is 0. The van der Waals surface area contributed by atoms with E-state index >= 15 is 0 Å². The van der Waals surface area contributed by atoms with Crippen LogP contribution in [0, 0.1) is 0 Å². The van der Waals surface area contributed by atoms with Crippen LogP contribution in [-0.4, -0.2) is 41.5 Å². The van der Waals surface area contributed by atoms with Gasteiger partial charge in [-0.1, -0.05) is 42.1 Å². The number of hydrazone groups is 1. The van der Waals surface area contributed by atoms with Gasteiger partial charge in [-0.25, -0.2) is 15.3 Å². The summed E-state index contributed by atoms with van der Waals surface area (Å²) in [5.74, 6) is 0.674. The zero-order valence-electron chi connectivity index (χ0n) is 16.6. The third-order valence-electron chi connectivity index (χ3n) is 4.07. The number of nitrogens with zero attached hydrogens (tertiary/aromatic N) is 2. The molecule has 0 spiro atoms. The Morgan fingerprint density at radius 1 is 1.16 bits per heavy atom. The zero-order valence-corrected chi connectivity index (χ0v) is 17.4. The molecule has 1 atom stereocenters. The molecule has 1 aromatic heterocycles. The molecule has 0 fully saturated rings. The SMILES string of the molecule is COc1ccc(OC)c(/C=N\NC(=O)C(Sc2n[nH]c(=O)[nH]c2=O)c2ccccc2)c1. The molecule has 3 N–H and O–H groups in total. The lowest BCUT2D eigenvalue weighted by Gasteiger charge is -2.14. The highest BCUT2D eigenvalue weighted by Crippen LogP contribution is 2.32. The molecule has 11 heteroatoms.